The highest BCUT2D eigenvalue weighted by molar-refractivity contribution is 7.89. The molecular formula is C25H25N5O3S. The molecule has 34 heavy (non-hydrogen) atoms. The summed E-state index contributed by atoms with van der Waals surface area (Å²) in [4.78, 5) is 21.5. The van der Waals surface area contributed by atoms with Crippen LogP contribution in [0.15, 0.2) is 78.1 Å². The van der Waals surface area contributed by atoms with Gasteiger partial charge in [-0.15, -0.1) is 0 Å². The summed E-state index contributed by atoms with van der Waals surface area (Å²) in [6.45, 7) is 1.14. The Labute approximate surface area is 198 Å². The van der Waals surface area contributed by atoms with E-state index in [1.807, 2.05) is 47.1 Å². The highest BCUT2D eigenvalue weighted by Crippen LogP contribution is 2.22. The third kappa shape index (κ3) is 4.71. The van der Waals surface area contributed by atoms with E-state index in [-0.39, 0.29) is 17.2 Å². The number of imidazole rings is 1. The highest BCUT2D eigenvalue weighted by atomic mass is 32.2. The molecule has 5 rings (SSSR count). The van der Waals surface area contributed by atoms with Gasteiger partial charge in [-0.3, -0.25) is 9.20 Å². The maximum absolute atomic E-state index is 12.8. The van der Waals surface area contributed by atoms with Crippen molar-refractivity contribution in [3.63, 3.8) is 0 Å². The molecule has 2 aromatic carbocycles. The molecule has 0 unspecified atom stereocenters. The van der Waals surface area contributed by atoms with Crippen LogP contribution in [0.2, 0.25) is 0 Å². The first-order valence-corrected chi connectivity index (χ1v) is 12.7. The predicted octanol–water partition coefficient (Wildman–Crippen LogP) is 3.75. The minimum absolute atomic E-state index is 0.157. The number of benzene rings is 2. The first-order chi connectivity index (χ1) is 16.5. The van der Waals surface area contributed by atoms with E-state index in [1.54, 1.807) is 34.8 Å². The Bertz CT molecular complexity index is 1370. The topological polar surface area (TPSA) is 96.7 Å². The minimum atomic E-state index is -3.47. The van der Waals surface area contributed by atoms with Crippen molar-refractivity contribution in [2.24, 2.45) is 0 Å². The molecule has 4 aromatic rings. The average molecular weight is 476 g/mol. The van der Waals surface area contributed by atoms with Gasteiger partial charge < -0.3 is 5.32 Å². The lowest BCUT2D eigenvalue weighted by atomic mass is 10.1. The number of aromatic nitrogens is 3. The number of carbonyl (C=O) groups excluding carboxylic acids is 1. The molecule has 0 spiro atoms. The molecule has 0 saturated carbocycles. The SMILES string of the molecule is O=C(Cc1ccc(S(=O)(=O)N2CCCCC2)cc1)Nc1ccc(-c2cn3cccnc3n2)cc1. The van der Waals surface area contributed by atoms with E-state index >= 15 is 0 Å². The molecule has 3 heterocycles. The molecule has 1 aliphatic rings. The second-order valence-electron chi connectivity index (χ2n) is 8.36. The molecule has 9 heteroatoms. The lowest BCUT2D eigenvalue weighted by Gasteiger charge is -2.25. The molecule has 1 N–H and O–H groups in total. The summed E-state index contributed by atoms with van der Waals surface area (Å²) in [6, 6.07) is 15.9. The first-order valence-electron chi connectivity index (χ1n) is 11.3. The predicted molar refractivity (Wildman–Crippen MR) is 130 cm³/mol. The average Bonchev–Trinajstić information content (AvgIpc) is 3.30. The molecule has 1 amide bonds. The normalized spacial score (nSPS) is 14.8. The zero-order valence-electron chi connectivity index (χ0n) is 18.6. The van der Waals surface area contributed by atoms with Crippen molar-refractivity contribution < 1.29 is 13.2 Å². The zero-order chi connectivity index (χ0) is 23.5. The number of anilines is 1. The van der Waals surface area contributed by atoms with E-state index in [0.717, 1.165) is 36.1 Å². The molecular weight excluding hydrogens is 450 g/mol. The Morgan fingerprint density at radius 3 is 2.41 bits per heavy atom. The van der Waals surface area contributed by atoms with Crippen molar-refractivity contribution >= 4 is 27.4 Å². The van der Waals surface area contributed by atoms with Gasteiger partial charge in [-0.25, -0.2) is 18.4 Å². The molecule has 0 radical (unpaired) electrons. The van der Waals surface area contributed by atoms with Crippen molar-refractivity contribution in [1.29, 1.82) is 0 Å². The molecule has 1 aliphatic heterocycles. The third-order valence-corrected chi connectivity index (χ3v) is 7.85. The number of hydrogen-bond acceptors (Lipinski definition) is 5. The fraction of sp³-hybridized carbons (Fsp3) is 0.240. The number of piperidine rings is 1. The Kier molecular flexibility index (Phi) is 6.12. The number of fused-ring (bicyclic) bond motifs is 1. The molecule has 0 atom stereocenters. The quantitative estimate of drug-likeness (QED) is 0.458. The molecule has 0 bridgehead atoms. The van der Waals surface area contributed by atoms with Crippen LogP contribution in [0.5, 0.6) is 0 Å². The smallest absolute Gasteiger partial charge is 0.243 e. The van der Waals surface area contributed by atoms with E-state index in [1.165, 1.54) is 0 Å². The minimum Gasteiger partial charge on any atom is -0.326 e. The van der Waals surface area contributed by atoms with Gasteiger partial charge in [0.2, 0.25) is 21.7 Å². The van der Waals surface area contributed by atoms with Gasteiger partial charge in [0.25, 0.3) is 0 Å². The lowest BCUT2D eigenvalue weighted by Crippen LogP contribution is -2.35. The number of amides is 1. The Morgan fingerprint density at radius 1 is 0.971 bits per heavy atom. The highest BCUT2D eigenvalue weighted by Gasteiger charge is 2.25. The fourth-order valence-corrected chi connectivity index (χ4v) is 5.63. The van der Waals surface area contributed by atoms with Crippen LogP contribution >= 0.6 is 0 Å². The van der Waals surface area contributed by atoms with Gasteiger partial charge in [-0.1, -0.05) is 30.7 Å². The molecule has 0 aliphatic carbocycles. The summed E-state index contributed by atoms with van der Waals surface area (Å²) in [5, 5.41) is 2.89. The van der Waals surface area contributed by atoms with E-state index in [2.05, 4.69) is 15.3 Å². The van der Waals surface area contributed by atoms with Gasteiger partial charge in [-0.2, -0.15) is 4.31 Å². The monoisotopic (exact) mass is 475 g/mol. The van der Waals surface area contributed by atoms with Crippen LogP contribution in [-0.2, 0) is 21.2 Å². The van der Waals surface area contributed by atoms with Crippen LogP contribution in [0.3, 0.4) is 0 Å². The Balaban J connectivity index is 1.21. The van der Waals surface area contributed by atoms with E-state index in [4.69, 9.17) is 0 Å². The van der Waals surface area contributed by atoms with Crippen molar-refractivity contribution in [3.05, 3.63) is 78.8 Å². The van der Waals surface area contributed by atoms with E-state index < -0.39 is 10.0 Å². The second kappa shape index (κ2) is 9.36. The van der Waals surface area contributed by atoms with Gasteiger partial charge in [-0.05, 0) is 48.7 Å². The molecule has 2 aromatic heterocycles. The van der Waals surface area contributed by atoms with Crippen molar-refractivity contribution in [3.8, 4) is 11.3 Å². The van der Waals surface area contributed by atoms with Crippen LogP contribution in [0, 0.1) is 0 Å². The van der Waals surface area contributed by atoms with E-state index in [9.17, 15) is 13.2 Å². The molecule has 174 valence electrons. The van der Waals surface area contributed by atoms with Crippen molar-refractivity contribution in [2.45, 2.75) is 30.6 Å². The largest absolute Gasteiger partial charge is 0.326 e. The lowest BCUT2D eigenvalue weighted by molar-refractivity contribution is -0.115. The number of sulfonamides is 1. The zero-order valence-corrected chi connectivity index (χ0v) is 19.4. The summed E-state index contributed by atoms with van der Waals surface area (Å²) in [5.74, 6) is 0.459. The number of rotatable bonds is 6. The summed E-state index contributed by atoms with van der Waals surface area (Å²) in [6.07, 6.45) is 8.52. The summed E-state index contributed by atoms with van der Waals surface area (Å²) in [5.41, 5.74) is 3.16. The standard InChI is InChI=1S/C25H25N5O3S/c31-24(17-19-5-11-22(12-6-19)34(32,33)30-15-2-1-3-16-30)27-21-9-7-20(8-10-21)23-18-29-14-4-13-26-25(29)28-23/h4-14,18H,1-3,15-17H2,(H,27,31). The Hall–Kier alpha value is -3.56. The number of nitrogens with one attached hydrogen (secondary N) is 1. The van der Waals surface area contributed by atoms with Crippen LogP contribution in [0.25, 0.3) is 17.0 Å². The second-order valence-corrected chi connectivity index (χ2v) is 10.3. The molecule has 8 nitrogen and oxygen atoms in total. The first kappa shape index (κ1) is 22.2. The van der Waals surface area contributed by atoms with Crippen molar-refractivity contribution in [1.82, 2.24) is 18.7 Å². The third-order valence-electron chi connectivity index (χ3n) is 5.94. The van der Waals surface area contributed by atoms with Crippen LogP contribution < -0.4 is 5.32 Å². The summed E-state index contributed by atoms with van der Waals surface area (Å²) >= 11 is 0. The van der Waals surface area contributed by atoms with E-state index in [0.29, 0.717) is 24.6 Å². The maximum Gasteiger partial charge on any atom is 0.243 e. The number of hydrogen-bond donors (Lipinski definition) is 1. The van der Waals surface area contributed by atoms with Gasteiger partial charge in [0.1, 0.15) is 0 Å². The maximum atomic E-state index is 12.8. The van der Waals surface area contributed by atoms with Gasteiger partial charge in [0.15, 0.2) is 0 Å². The number of carbonyl (C=O) groups is 1. The van der Waals surface area contributed by atoms with Crippen LogP contribution in [-0.4, -0.2) is 46.1 Å². The number of nitrogens with zero attached hydrogens (tertiary/aromatic N) is 4. The Morgan fingerprint density at radius 2 is 1.71 bits per heavy atom. The molecule has 1 saturated heterocycles. The fourth-order valence-electron chi connectivity index (χ4n) is 4.12. The van der Waals surface area contributed by atoms with Gasteiger partial charge >= 0.3 is 0 Å². The van der Waals surface area contributed by atoms with Crippen LogP contribution in [0.4, 0.5) is 5.69 Å². The summed E-state index contributed by atoms with van der Waals surface area (Å²) in [7, 11) is -3.47. The van der Waals surface area contributed by atoms with Crippen molar-refractivity contribution in [2.75, 3.05) is 18.4 Å². The van der Waals surface area contributed by atoms with Gasteiger partial charge in [0.05, 0.1) is 17.0 Å². The van der Waals surface area contributed by atoms with Gasteiger partial charge in [0, 0.05) is 42.9 Å². The van der Waals surface area contributed by atoms with Crippen LogP contribution in [0.1, 0.15) is 24.8 Å². The molecule has 1 fully saturated rings. The summed E-state index contributed by atoms with van der Waals surface area (Å²) < 4.78 is 29.0.